The summed E-state index contributed by atoms with van der Waals surface area (Å²) < 4.78 is 10.7. The van der Waals surface area contributed by atoms with Crippen molar-refractivity contribution in [1.29, 1.82) is 0 Å². The first kappa shape index (κ1) is 19.7. The number of hydrogen-bond donors (Lipinski definition) is 1. The normalized spacial score (nSPS) is 10.6. The second-order valence-corrected chi connectivity index (χ2v) is 5.96. The summed E-state index contributed by atoms with van der Waals surface area (Å²) in [7, 11) is 1.47. The fraction of sp³-hybridized carbons (Fsp3) is 0.0952. The standard InChI is InChI=1S/C21H18N4O4/c1-14-3-6-16(7-4-14)21(27)29-18-8-5-15(11-19(18)28-2)12-24-25-20(26)17-13-22-9-10-23-17/h3-13H,1-2H3,(H,25,26)/b24-12-. The van der Waals surface area contributed by atoms with Crippen molar-refractivity contribution < 1.29 is 19.1 Å². The monoisotopic (exact) mass is 390 g/mol. The highest BCUT2D eigenvalue weighted by Gasteiger charge is 2.13. The molecule has 0 bridgehead atoms. The van der Waals surface area contributed by atoms with E-state index >= 15 is 0 Å². The Bertz CT molecular complexity index is 1030. The van der Waals surface area contributed by atoms with E-state index in [4.69, 9.17) is 9.47 Å². The van der Waals surface area contributed by atoms with Crippen LogP contribution in [-0.2, 0) is 0 Å². The first-order valence-electron chi connectivity index (χ1n) is 8.63. The number of esters is 1. The van der Waals surface area contributed by atoms with E-state index in [1.165, 1.54) is 31.9 Å². The van der Waals surface area contributed by atoms with Crippen molar-refractivity contribution in [2.24, 2.45) is 5.10 Å². The van der Waals surface area contributed by atoms with Gasteiger partial charge in [-0.15, -0.1) is 0 Å². The number of rotatable bonds is 6. The zero-order valence-electron chi connectivity index (χ0n) is 15.8. The number of ether oxygens (including phenoxy) is 2. The zero-order valence-corrected chi connectivity index (χ0v) is 15.8. The lowest BCUT2D eigenvalue weighted by Gasteiger charge is -2.10. The van der Waals surface area contributed by atoms with Crippen molar-refractivity contribution in [3.05, 3.63) is 83.4 Å². The van der Waals surface area contributed by atoms with Crippen molar-refractivity contribution in [3.63, 3.8) is 0 Å². The molecule has 0 unspecified atom stereocenters. The molecule has 0 atom stereocenters. The van der Waals surface area contributed by atoms with Crippen LogP contribution in [0.15, 0.2) is 66.2 Å². The van der Waals surface area contributed by atoms with Crippen LogP contribution in [0.4, 0.5) is 0 Å². The van der Waals surface area contributed by atoms with Gasteiger partial charge in [0.25, 0.3) is 5.91 Å². The van der Waals surface area contributed by atoms with E-state index in [2.05, 4.69) is 20.5 Å². The first-order chi connectivity index (χ1) is 14.1. The highest BCUT2D eigenvalue weighted by Crippen LogP contribution is 2.28. The van der Waals surface area contributed by atoms with Crippen LogP contribution in [-0.4, -0.2) is 35.2 Å². The van der Waals surface area contributed by atoms with Gasteiger partial charge < -0.3 is 9.47 Å². The molecule has 29 heavy (non-hydrogen) atoms. The number of benzene rings is 2. The van der Waals surface area contributed by atoms with Crippen LogP contribution < -0.4 is 14.9 Å². The minimum Gasteiger partial charge on any atom is -0.493 e. The van der Waals surface area contributed by atoms with Gasteiger partial charge in [-0.3, -0.25) is 9.78 Å². The molecule has 0 radical (unpaired) electrons. The molecule has 1 N–H and O–H groups in total. The molecule has 0 aliphatic rings. The topological polar surface area (TPSA) is 103 Å². The molecule has 8 heteroatoms. The molecule has 1 amide bonds. The van der Waals surface area contributed by atoms with Gasteiger partial charge in [0.1, 0.15) is 5.69 Å². The van der Waals surface area contributed by atoms with Crippen LogP contribution in [0, 0.1) is 6.92 Å². The molecule has 0 fully saturated rings. The number of hydrogen-bond acceptors (Lipinski definition) is 7. The lowest BCUT2D eigenvalue weighted by atomic mass is 10.1. The Balaban J connectivity index is 1.67. The Morgan fingerprint density at radius 3 is 2.55 bits per heavy atom. The van der Waals surface area contributed by atoms with Gasteiger partial charge in [-0.25, -0.2) is 15.2 Å². The number of methoxy groups -OCH3 is 1. The van der Waals surface area contributed by atoms with Gasteiger partial charge in [0.05, 0.1) is 25.1 Å². The van der Waals surface area contributed by atoms with E-state index in [1.807, 2.05) is 19.1 Å². The Hall–Kier alpha value is -4.07. The average Bonchev–Trinajstić information content (AvgIpc) is 2.75. The van der Waals surface area contributed by atoms with Crippen LogP contribution >= 0.6 is 0 Å². The third-order valence-electron chi connectivity index (χ3n) is 3.85. The molecular weight excluding hydrogens is 372 g/mol. The predicted molar refractivity (Wildman–Crippen MR) is 106 cm³/mol. The molecule has 146 valence electrons. The summed E-state index contributed by atoms with van der Waals surface area (Å²) in [5, 5.41) is 3.88. The molecule has 0 aliphatic carbocycles. The fourth-order valence-corrected chi connectivity index (χ4v) is 2.34. The number of aryl methyl sites for hydroxylation is 1. The van der Waals surface area contributed by atoms with E-state index in [-0.39, 0.29) is 11.4 Å². The number of aromatic nitrogens is 2. The number of hydrazone groups is 1. The maximum Gasteiger partial charge on any atom is 0.343 e. The van der Waals surface area contributed by atoms with Gasteiger partial charge in [0, 0.05) is 12.4 Å². The van der Waals surface area contributed by atoms with E-state index in [9.17, 15) is 9.59 Å². The van der Waals surface area contributed by atoms with Gasteiger partial charge in [-0.05, 0) is 42.8 Å². The molecule has 8 nitrogen and oxygen atoms in total. The second kappa shape index (κ2) is 9.23. The molecule has 0 spiro atoms. The van der Waals surface area contributed by atoms with Gasteiger partial charge in [0.2, 0.25) is 0 Å². The molecule has 0 aliphatic heterocycles. The zero-order chi connectivity index (χ0) is 20.6. The largest absolute Gasteiger partial charge is 0.493 e. The van der Waals surface area contributed by atoms with Crippen LogP contribution in [0.2, 0.25) is 0 Å². The third-order valence-corrected chi connectivity index (χ3v) is 3.85. The summed E-state index contributed by atoms with van der Waals surface area (Å²) in [5.74, 6) is -0.334. The van der Waals surface area contributed by atoms with Crippen LogP contribution in [0.5, 0.6) is 11.5 Å². The smallest absolute Gasteiger partial charge is 0.343 e. The molecular formula is C21H18N4O4. The van der Waals surface area contributed by atoms with Gasteiger partial charge in [-0.2, -0.15) is 5.10 Å². The summed E-state index contributed by atoms with van der Waals surface area (Å²) in [6, 6.07) is 12.0. The minimum absolute atomic E-state index is 0.153. The third kappa shape index (κ3) is 5.23. The van der Waals surface area contributed by atoms with Crippen molar-refractivity contribution >= 4 is 18.1 Å². The predicted octanol–water partition coefficient (Wildman–Crippen LogP) is 2.78. The van der Waals surface area contributed by atoms with Crippen molar-refractivity contribution in [2.45, 2.75) is 6.92 Å². The summed E-state index contributed by atoms with van der Waals surface area (Å²) >= 11 is 0. The van der Waals surface area contributed by atoms with Crippen molar-refractivity contribution in [2.75, 3.05) is 7.11 Å². The second-order valence-electron chi connectivity index (χ2n) is 5.96. The highest BCUT2D eigenvalue weighted by molar-refractivity contribution is 5.93. The van der Waals surface area contributed by atoms with E-state index in [0.29, 0.717) is 16.9 Å². The van der Waals surface area contributed by atoms with Crippen LogP contribution in [0.25, 0.3) is 0 Å². The van der Waals surface area contributed by atoms with Crippen LogP contribution in [0.3, 0.4) is 0 Å². The van der Waals surface area contributed by atoms with Crippen molar-refractivity contribution in [3.8, 4) is 11.5 Å². The maximum atomic E-state index is 12.3. The lowest BCUT2D eigenvalue weighted by molar-refractivity contribution is 0.0729. The lowest BCUT2D eigenvalue weighted by Crippen LogP contribution is -2.19. The number of amides is 1. The Kier molecular flexibility index (Phi) is 6.26. The minimum atomic E-state index is -0.485. The van der Waals surface area contributed by atoms with E-state index < -0.39 is 11.9 Å². The van der Waals surface area contributed by atoms with Gasteiger partial charge >= 0.3 is 5.97 Å². The quantitative estimate of drug-likeness (QED) is 0.300. The summed E-state index contributed by atoms with van der Waals surface area (Å²) in [6.45, 7) is 1.94. The number of carbonyl (C=O) groups is 2. The molecule has 1 heterocycles. The molecule has 2 aromatic carbocycles. The van der Waals surface area contributed by atoms with Crippen LogP contribution in [0.1, 0.15) is 32.0 Å². The molecule has 3 aromatic rings. The van der Waals surface area contributed by atoms with E-state index in [0.717, 1.165) is 5.56 Å². The highest BCUT2D eigenvalue weighted by atomic mass is 16.6. The number of nitrogens with one attached hydrogen (secondary N) is 1. The summed E-state index contributed by atoms with van der Waals surface area (Å²) in [6.07, 6.45) is 5.66. The summed E-state index contributed by atoms with van der Waals surface area (Å²) in [4.78, 5) is 31.9. The number of carbonyl (C=O) groups excluding carboxylic acids is 2. The maximum absolute atomic E-state index is 12.3. The molecule has 0 saturated heterocycles. The Morgan fingerprint density at radius 2 is 1.86 bits per heavy atom. The molecule has 1 aromatic heterocycles. The Morgan fingerprint density at radius 1 is 1.07 bits per heavy atom. The summed E-state index contributed by atoms with van der Waals surface area (Å²) in [5.41, 5.74) is 4.64. The fourth-order valence-electron chi connectivity index (χ4n) is 2.34. The average molecular weight is 390 g/mol. The molecule has 0 saturated carbocycles. The van der Waals surface area contributed by atoms with Gasteiger partial charge in [-0.1, -0.05) is 17.7 Å². The SMILES string of the molecule is COc1cc(/C=N\NC(=O)c2cnccn2)ccc1OC(=O)c1ccc(C)cc1. The van der Waals surface area contributed by atoms with Gasteiger partial charge in [0.15, 0.2) is 11.5 Å². The Labute approximate surface area is 167 Å². The van der Waals surface area contributed by atoms with E-state index in [1.54, 1.807) is 30.3 Å². The first-order valence-corrected chi connectivity index (χ1v) is 8.63. The van der Waals surface area contributed by atoms with Crippen molar-refractivity contribution in [1.82, 2.24) is 15.4 Å². The number of nitrogens with zero attached hydrogens (tertiary/aromatic N) is 3. The molecule has 3 rings (SSSR count).